The van der Waals surface area contributed by atoms with Gasteiger partial charge in [-0.1, -0.05) is 41.9 Å². The van der Waals surface area contributed by atoms with E-state index >= 15 is 0 Å². The Morgan fingerprint density at radius 1 is 1.08 bits per heavy atom. The maximum Gasteiger partial charge on any atom is 0.241 e. The Morgan fingerprint density at radius 3 is 2.54 bits per heavy atom. The van der Waals surface area contributed by atoms with Gasteiger partial charge in [0.1, 0.15) is 0 Å². The number of carbonyl (C=O) groups excluding carboxylic acids is 2. The monoisotopic (exact) mass is 367 g/mol. The Kier molecular flexibility index (Phi) is 5.51. The van der Waals surface area contributed by atoms with Gasteiger partial charge in [0, 0.05) is 16.8 Å². The third kappa shape index (κ3) is 4.20. The Bertz CT molecular complexity index is 908. The number of ketones is 1. The Hall–Kier alpha value is -2.89. The van der Waals surface area contributed by atoms with Crippen LogP contribution in [0.15, 0.2) is 66.9 Å². The summed E-state index contributed by atoms with van der Waals surface area (Å²) in [5.74, 6) is -0.624. The van der Waals surface area contributed by atoms with Crippen LogP contribution in [0.1, 0.15) is 21.6 Å². The fourth-order valence-corrected chi connectivity index (χ4v) is 2.79. The van der Waals surface area contributed by atoms with E-state index in [2.05, 4.69) is 10.3 Å². The van der Waals surface area contributed by atoms with E-state index in [-0.39, 0.29) is 11.7 Å². The first-order valence-corrected chi connectivity index (χ1v) is 8.50. The maximum absolute atomic E-state index is 12.7. The number of rotatable bonds is 6. The molecule has 0 spiro atoms. The number of benzene rings is 2. The molecule has 2 aromatic carbocycles. The second-order valence-electron chi connectivity index (χ2n) is 5.89. The molecule has 1 atom stereocenters. The molecule has 6 heteroatoms. The summed E-state index contributed by atoms with van der Waals surface area (Å²) in [4.78, 5) is 28.0. The normalized spacial score (nSPS) is 11.8. The third-order valence-corrected chi connectivity index (χ3v) is 4.20. The summed E-state index contributed by atoms with van der Waals surface area (Å²) in [7, 11) is 0. The van der Waals surface area contributed by atoms with Crippen LogP contribution in [-0.4, -0.2) is 22.7 Å². The van der Waals surface area contributed by atoms with Gasteiger partial charge >= 0.3 is 0 Å². The van der Waals surface area contributed by atoms with E-state index in [4.69, 9.17) is 17.3 Å². The highest BCUT2D eigenvalue weighted by molar-refractivity contribution is 6.31. The smallest absolute Gasteiger partial charge is 0.241 e. The molecule has 3 aromatic rings. The van der Waals surface area contributed by atoms with Crippen molar-refractivity contribution in [1.29, 1.82) is 0 Å². The van der Waals surface area contributed by atoms with Gasteiger partial charge in [-0.2, -0.15) is 0 Å². The molecule has 26 heavy (non-hydrogen) atoms. The third-order valence-electron chi connectivity index (χ3n) is 3.96. The van der Waals surface area contributed by atoms with E-state index in [1.807, 2.05) is 30.3 Å². The van der Waals surface area contributed by atoms with Crippen LogP contribution in [0.3, 0.4) is 0 Å². The molecule has 0 radical (unpaired) electrons. The van der Waals surface area contributed by atoms with Crippen LogP contribution < -0.4 is 11.1 Å². The van der Waals surface area contributed by atoms with Gasteiger partial charge < -0.3 is 16.0 Å². The largest absolute Gasteiger partial charge is 0.359 e. The molecule has 132 valence electrons. The lowest BCUT2D eigenvalue weighted by Gasteiger charge is -2.15. The van der Waals surface area contributed by atoms with Crippen molar-refractivity contribution < 1.29 is 9.59 Å². The molecule has 0 aliphatic carbocycles. The maximum atomic E-state index is 12.7. The highest BCUT2D eigenvalue weighted by atomic mass is 35.5. The molecular weight excluding hydrogens is 350 g/mol. The van der Waals surface area contributed by atoms with Crippen molar-refractivity contribution in [2.24, 2.45) is 5.73 Å². The van der Waals surface area contributed by atoms with Crippen LogP contribution >= 0.6 is 11.6 Å². The number of aromatic amines is 1. The SMILES string of the molecule is N[C@H](Cc1ccccc1)C(=O)Nc1ccc(Cl)cc1C(=O)c1ccc[nH]1. The van der Waals surface area contributed by atoms with Crippen LogP contribution in [-0.2, 0) is 11.2 Å². The van der Waals surface area contributed by atoms with E-state index in [0.717, 1.165) is 5.56 Å². The summed E-state index contributed by atoms with van der Waals surface area (Å²) in [5.41, 5.74) is 8.08. The lowest BCUT2D eigenvalue weighted by Crippen LogP contribution is -2.37. The molecule has 3 rings (SSSR count). The van der Waals surface area contributed by atoms with Gasteiger partial charge in [0.2, 0.25) is 11.7 Å². The van der Waals surface area contributed by atoms with E-state index in [0.29, 0.717) is 28.4 Å². The zero-order valence-electron chi connectivity index (χ0n) is 13.9. The van der Waals surface area contributed by atoms with Gasteiger partial charge in [0.15, 0.2) is 0 Å². The Balaban J connectivity index is 1.79. The van der Waals surface area contributed by atoms with Crippen LogP contribution in [0, 0.1) is 0 Å². The molecule has 0 saturated carbocycles. The highest BCUT2D eigenvalue weighted by Gasteiger charge is 2.19. The molecule has 4 N–H and O–H groups in total. The van der Waals surface area contributed by atoms with Gasteiger partial charge in [-0.25, -0.2) is 0 Å². The van der Waals surface area contributed by atoms with Crippen LogP contribution in [0.25, 0.3) is 0 Å². The average molecular weight is 368 g/mol. The van der Waals surface area contributed by atoms with Crippen molar-refractivity contribution in [1.82, 2.24) is 4.98 Å². The van der Waals surface area contributed by atoms with Crippen molar-refractivity contribution in [2.75, 3.05) is 5.32 Å². The predicted molar refractivity (Wildman–Crippen MR) is 102 cm³/mol. The molecule has 0 bridgehead atoms. The highest BCUT2D eigenvalue weighted by Crippen LogP contribution is 2.23. The zero-order valence-corrected chi connectivity index (χ0v) is 14.7. The second-order valence-corrected chi connectivity index (χ2v) is 6.32. The van der Waals surface area contributed by atoms with Gasteiger partial charge in [0.05, 0.1) is 17.4 Å². The minimum absolute atomic E-state index is 0.260. The fourth-order valence-electron chi connectivity index (χ4n) is 2.62. The fraction of sp³-hybridized carbons (Fsp3) is 0.100. The Labute approximate surface area is 156 Å². The van der Waals surface area contributed by atoms with Crippen molar-refractivity contribution >= 4 is 29.0 Å². The van der Waals surface area contributed by atoms with E-state index in [9.17, 15) is 9.59 Å². The molecule has 0 fully saturated rings. The number of H-pyrrole nitrogens is 1. The van der Waals surface area contributed by atoms with E-state index < -0.39 is 6.04 Å². The van der Waals surface area contributed by atoms with E-state index in [1.165, 1.54) is 6.07 Å². The van der Waals surface area contributed by atoms with Crippen LogP contribution in [0.5, 0.6) is 0 Å². The van der Waals surface area contributed by atoms with Gasteiger partial charge in [-0.15, -0.1) is 0 Å². The van der Waals surface area contributed by atoms with Gasteiger partial charge in [-0.05, 0) is 42.3 Å². The second kappa shape index (κ2) is 7.99. The number of hydrogen-bond donors (Lipinski definition) is 3. The number of carbonyl (C=O) groups is 2. The standard InChI is InChI=1S/C20H18ClN3O2/c21-14-8-9-17(15(12-14)19(25)18-7-4-10-23-18)24-20(26)16(22)11-13-5-2-1-3-6-13/h1-10,12,16,23H,11,22H2,(H,24,26)/t16-/m1/s1. The zero-order chi connectivity index (χ0) is 18.5. The van der Waals surface area contributed by atoms with Crippen molar-refractivity contribution in [3.63, 3.8) is 0 Å². The van der Waals surface area contributed by atoms with E-state index in [1.54, 1.807) is 30.5 Å². The molecule has 0 saturated heterocycles. The summed E-state index contributed by atoms with van der Waals surface area (Å²) in [6.07, 6.45) is 2.06. The molecule has 1 amide bonds. The van der Waals surface area contributed by atoms with Gasteiger partial charge in [-0.3, -0.25) is 9.59 Å². The predicted octanol–water partition coefficient (Wildman–Crippen LogP) is 3.41. The quantitative estimate of drug-likeness (QED) is 0.583. The first kappa shape index (κ1) is 17.9. The summed E-state index contributed by atoms with van der Waals surface area (Å²) in [6, 6.07) is 16.9. The van der Waals surface area contributed by atoms with Gasteiger partial charge in [0.25, 0.3) is 0 Å². The average Bonchev–Trinajstić information content (AvgIpc) is 3.18. The van der Waals surface area contributed by atoms with Crippen LogP contribution in [0.4, 0.5) is 5.69 Å². The summed E-state index contributed by atoms with van der Waals surface area (Å²) >= 11 is 6.03. The minimum Gasteiger partial charge on any atom is -0.359 e. The number of nitrogens with two attached hydrogens (primary N) is 1. The number of nitrogens with one attached hydrogen (secondary N) is 2. The first-order valence-electron chi connectivity index (χ1n) is 8.12. The number of halogens is 1. The van der Waals surface area contributed by atoms with Crippen molar-refractivity contribution in [3.8, 4) is 0 Å². The van der Waals surface area contributed by atoms with Crippen LogP contribution in [0.2, 0.25) is 5.02 Å². The molecule has 0 aliphatic heterocycles. The molecule has 5 nitrogen and oxygen atoms in total. The lowest BCUT2D eigenvalue weighted by atomic mass is 10.0. The topological polar surface area (TPSA) is 88.0 Å². The summed E-state index contributed by atoms with van der Waals surface area (Å²) in [6.45, 7) is 0. The van der Waals surface area contributed by atoms with Crippen molar-refractivity contribution in [2.45, 2.75) is 12.5 Å². The molecule has 0 unspecified atom stereocenters. The minimum atomic E-state index is -0.735. The first-order chi connectivity index (χ1) is 12.5. The molecule has 0 aliphatic rings. The molecule has 1 heterocycles. The number of amides is 1. The lowest BCUT2D eigenvalue weighted by molar-refractivity contribution is -0.117. The molecular formula is C20H18ClN3O2. The molecule has 1 aromatic heterocycles. The number of anilines is 1. The van der Waals surface area contributed by atoms with Crippen molar-refractivity contribution in [3.05, 3.63) is 88.7 Å². The Morgan fingerprint density at radius 2 is 1.85 bits per heavy atom. The number of aromatic nitrogens is 1. The summed E-state index contributed by atoms with van der Waals surface area (Å²) < 4.78 is 0. The summed E-state index contributed by atoms with van der Waals surface area (Å²) in [5, 5.41) is 3.15. The number of hydrogen-bond acceptors (Lipinski definition) is 3.